The number of nitrogens with two attached hydrogens (primary N) is 1. The minimum Gasteiger partial charge on any atom is -0.330 e. The van der Waals surface area contributed by atoms with Crippen molar-refractivity contribution in [3.8, 4) is 0 Å². The maximum Gasteiger partial charge on any atom is 0.0725 e. The molecule has 0 bridgehead atoms. The van der Waals surface area contributed by atoms with E-state index in [9.17, 15) is 0 Å². The molecule has 4 nitrogen and oxygen atoms in total. The standard InChI is InChI=1S/C8H16N4/c1-2-3-6-12-8(4-5-9)7-10-11-12/h7H,2-6,9H2,1H3. The van der Waals surface area contributed by atoms with Gasteiger partial charge in [-0.1, -0.05) is 18.6 Å². The van der Waals surface area contributed by atoms with Gasteiger partial charge in [-0.05, 0) is 13.0 Å². The van der Waals surface area contributed by atoms with Crippen molar-refractivity contribution in [2.24, 2.45) is 5.73 Å². The molecule has 0 spiro atoms. The lowest BCUT2D eigenvalue weighted by atomic mass is 10.3. The molecule has 0 aliphatic carbocycles. The van der Waals surface area contributed by atoms with Gasteiger partial charge >= 0.3 is 0 Å². The minimum absolute atomic E-state index is 0.666. The van der Waals surface area contributed by atoms with E-state index in [0.717, 1.165) is 25.1 Å². The fraction of sp³-hybridized carbons (Fsp3) is 0.750. The van der Waals surface area contributed by atoms with Crippen molar-refractivity contribution in [3.05, 3.63) is 11.9 Å². The Morgan fingerprint density at radius 1 is 1.58 bits per heavy atom. The van der Waals surface area contributed by atoms with Gasteiger partial charge in [-0.2, -0.15) is 0 Å². The quantitative estimate of drug-likeness (QED) is 0.699. The first-order valence-electron chi connectivity index (χ1n) is 4.46. The van der Waals surface area contributed by atoms with Crippen LogP contribution in [0.3, 0.4) is 0 Å². The lowest BCUT2D eigenvalue weighted by Gasteiger charge is -2.02. The molecule has 0 aliphatic rings. The normalized spacial score (nSPS) is 10.5. The van der Waals surface area contributed by atoms with Gasteiger partial charge in [-0.15, -0.1) is 5.10 Å². The number of aryl methyl sites for hydroxylation is 1. The van der Waals surface area contributed by atoms with Crippen LogP contribution >= 0.6 is 0 Å². The SMILES string of the molecule is CCCCn1nncc1CCN. The van der Waals surface area contributed by atoms with Crippen LogP contribution in [-0.2, 0) is 13.0 Å². The van der Waals surface area contributed by atoms with Gasteiger partial charge < -0.3 is 5.73 Å². The third-order valence-corrected chi connectivity index (χ3v) is 1.82. The first kappa shape index (κ1) is 9.19. The zero-order valence-corrected chi connectivity index (χ0v) is 7.53. The van der Waals surface area contributed by atoms with Gasteiger partial charge in [0.15, 0.2) is 0 Å². The summed E-state index contributed by atoms with van der Waals surface area (Å²) in [5.41, 5.74) is 6.59. The molecular weight excluding hydrogens is 152 g/mol. The second-order valence-corrected chi connectivity index (χ2v) is 2.84. The van der Waals surface area contributed by atoms with Gasteiger partial charge in [0.25, 0.3) is 0 Å². The molecule has 1 rings (SSSR count). The number of hydrogen-bond acceptors (Lipinski definition) is 3. The van der Waals surface area contributed by atoms with E-state index in [-0.39, 0.29) is 0 Å². The maximum absolute atomic E-state index is 5.45. The monoisotopic (exact) mass is 168 g/mol. The molecule has 0 fully saturated rings. The van der Waals surface area contributed by atoms with Crippen LogP contribution in [0.4, 0.5) is 0 Å². The largest absolute Gasteiger partial charge is 0.330 e. The summed E-state index contributed by atoms with van der Waals surface area (Å²) in [6.45, 7) is 3.80. The van der Waals surface area contributed by atoms with Crippen molar-refractivity contribution in [2.75, 3.05) is 6.54 Å². The van der Waals surface area contributed by atoms with E-state index in [1.165, 1.54) is 6.42 Å². The summed E-state index contributed by atoms with van der Waals surface area (Å²) < 4.78 is 1.94. The molecule has 1 aromatic rings. The Bertz CT molecular complexity index is 219. The van der Waals surface area contributed by atoms with Crippen LogP contribution in [0.1, 0.15) is 25.5 Å². The molecule has 0 amide bonds. The fourth-order valence-corrected chi connectivity index (χ4v) is 1.12. The second kappa shape index (κ2) is 4.87. The first-order valence-corrected chi connectivity index (χ1v) is 4.46. The van der Waals surface area contributed by atoms with Crippen molar-refractivity contribution in [3.63, 3.8) is 0 Å². The predicted molar refractivity (Wildman–Crippen MR) is 47.7 cm³/mol. The van der Waals surface area contributed by atoms with Crippen molar-refractivity contribution in [2.45, 2.75) is 32.7 Å². The summed E-state index contributed by atoms with van der Waals surface area (Å²) in [6, 6.07) is 0. The summed E-state index contributed by atoms with van der Waals surface area (Å²) in [5.74, 6) is 0. The molecule has 0 aliphatic heterocycles. The van der Waals surface area contributed by atoms with E-state index in [1.54, 1.807) is 6.20 Å². The molecule has 2 N–H and O–H groups in total. The highest BCUT2D eigenvalue weighted by Gasteiger charge is 2.00. The molecule has 0 unspecified atom stereocenters. The Hall–Kier alpha value is -0.900. The molecule has 0 saturated carbocycles. The molecule has 0 atom stereocenters. The summed E-state index contributed by atoms with van der Waals surface area (Å²) in [7, 11) is 0. The summed E-state index contributed by atoms with van der Waals surface area (Å²) in [4.78, 5) is 0. The van der Waals surface area contributed by atoms with Gasteiger partial charge in [-0.3, -0.25) is 0 Å². The Morgan fingerprint density at radius 3 is 3.08 bits per heavy atom. The molecule has 68 valence electrons. The van der Waals surface area contributed by atoms with E-state index in [2.05, 4.69) is 17.2 Å². The van der Waals surface area contributed by atoms with Crippen LogP contribution in [-0.4, -0.2) is 21.5 Å². The topological polar surface area (TPSA) is 56.7 Å². The van der Waals surface area contributed by atoms with Crippen LogP contribution in [0.2, 0.25) is 0 Å². The van der Waals surface area contributed by atoms with Gasteiger partial charge in [0, 0.05) is 13.0 Å². The Balaban J connectivity index is 2.51. The number of hydrogen-bond donors (Lipinski definition) is 1. The average molecular weight is 168 g/mol. The summed E-state index contributed by atoms with van der Waals surface area (Å²) in [6.07, 6.45) is 5.00. The number of rotatable bonds is 5. The molecule has 0 radical (unpaired) electrons. The van der Waals surface area contributed by atoms with Gasteiger partial charge in [0.1, 0.15) is 0 Å². The van der Waals surface area contributed by atoms with E-state index < -0.39 is 0 Å². The Morgan fingerprint density at radius 2 is 2.42 bits per heavy atom. The van der Waals surface area contributed by atoms with Gasteiger partial charge in [0.05, 0.1) is 11.9 Å². The molecule has 1 aromatic heterocycles. The highest BCUT2D eigenvalue weighted by atomic mass is 15.4. The summed E-state index contributed by atoms with van der Waals surface area (Å²) in [5, 5.41) is 7.83. The highest BCUT2D eigenvalue weighted by Crippen LogP contribution is 1.99. The molecule has 12 heavy (non-hydrogen) atoms. The van der Waals surface area contributed by atoms with Crippen LogP contribution < -0.4 is 5.73 Å². The second-order valence-electron chi connectivity index (χ2n) is 2.84. The van der Waals surface area contributed by atoms with Crippen LogP contribution in [0.15, 0.2) is 6.20 Å². The van der Waals surface area contributed by atoms with E-state index in [1.807, 2.05) is 4.68 Å². The number of aromatic nitrogens is 3. The average Bonchev–Trinajstić information content (AvgIpc) is 2.50. The maximum atomic E-state index is 5.45. The third-order valence-electron chi connectivity index (χ3n) is 1.82. The number of unbranched alkanes of at least 4 members (excludes halogenated alkanes) is 1. The molecule has 4 heteroatoms. The predicted octanol–water partition coefficient (Wildman–Crippen LogP) is 0.579. The van der Waals surface area contributed by atoms with Gasteiger partial charge in [0.2, 0.25) is 0 Å². The fourth-order valence-electron chi connectivity index (χ4n) is 1.12. The van der Waals surface area contributed by atoms with Gasteiger partial charge in [-0.25, -0.2) is 4.68 Å². The highest BCUT2D eigenvalue weighted by molar-refractivity contribution is 4.94. The van der Waals surface area contributed by atoms with Crippen LogP contribution in [0.5, 0.6) is 0 Å². The molecular formula is C8H16N4. The van der Waals surface area contributed by atoms with E-state index >= 15 is 0 Å². The lowest BCUT2D eigenvalue weighted by molar-refractivity contribution is 0.532. The van der Waals surface area contributed by atoms with E-state index in [4.69, 9.17) is 5.73 Å². The molecule has 1 heterocycles. The Labute approximate surface area is 72.8 Å². The number of nitrogens with zero attached hydrogens (tertiary/aromatic N) is 3. The molecule has 0 aromatic carbocycles. The molecule has 0 saturated heterocycles. The zero-order chi connectivity index (χ0) is 8.81. The lowest BCUT2D eigenvalue weighted by Crippen LogP contribution is -2.10. The van der Waals surface area contributed by atoms with Crippen LogP contribution in [0.25, 0.3) is 0 Å². The van der Waals surface area contributed by atoms with E-state index in [0.29, 0.717) is 6.54 Å². The third kappa shape index (κ3) is 2.30. The minimum atomic E-state index is 0.666. The Kier molecular flexibility index (Phi) is 3.73. The van der Waals surface area contributed by atoms with Crippen LogP contribution in [0, 0.1) is 0 Å². The summed E-state index contributed by atoms with van der Waals surface area (Å²) >= 11 is 0. The smallest absolute Gasteiger partial charge is 0.0725 e. The van der Waals surface area contributed by atoms with Crippen molar-refractivity contribution in [1.29, 1.82) is 0 Å². The zero-order valence-electron chi connectivity index (χ0n) is 7.53. The van der Waals surface area contributed by atoms with Crippen molar-refractivity contribution in [1.82, 2.24) is 15.0 Å². The van der Waals surface area contributed by atoms with Crippen molar-refractivity contribution < 1.29 is 0 Å². The van der Waals surface area contributed by atoms with Crippen molar-refractivity contribution >= 4 is 0 Å². The first-order chi connectivity index (χ1) is 5.88.